The van der Waals surface area contributed by atoms with Crippen molar-refractivity contribution in [2.24, 2.45) is 0 Å². The smallest absolute Gasteiger partial charge is 0.238 e. The molecule has 1 aromatic heterocycles. The van der Waals surface area contributed by atoms with Gasteiger partial charge in [-0.3, -0.25) is 0 Å². The van der Waals surface area contributed by atoms with Gasteiger partial charge in [-0.25, -0.2) is 17.4 Å². The zero-order chi connectivity index (χ0) is 13.3. The summed E-state index contributed by atoms with van der Waals surface area (Å²) in [6, 6.07) is 6.39. The van der Waals surface area contributed by atoms with Gasteiger partial charge in [-0.15, -0.1) is 0 Å². The summed E-state index contributed by atoms with van der Waals surface area (Å²) in [6.45, 7) is 3.62. The fourth-order valence-corrected chi connectivity index (χ4v) is 3.67. The Bertz CT molecular complexity index is 677. The molecule has 0 spiro atoms. The summed E-state index contributed by atoms with van der Waals surface area (Å²) in [5, 5.41) is 0.214. The molecule has 0 radical (unpaired) electrons. The number of halogens is 1. The number of hydrogen-bond acceptors (Lipinski definition) is 3. The number of aryl methyl sites for hydroxylation is 2. The van der Waals surface area contributed by atoms with Gasteiger partial charge in [0.1, 0.15) is 10.7 Å². The first-order valence-corrected chi connectivity index (χ1v) is 7.33. The van der Waals surface area contributed by atoms with E-state index in [1.807, 2.05) is 6.92 Å². The van der Waals surface area contributed by atoms with Crippen molar-refractivity contribution >= 4 is 21.6 Å². The maximum Gasteiger partial charge on any atom is 0.270 e. The lowest BCUT2D eigenvalue weighted by molar-refractivity contribution is 0.584. The number of imidazole rings is 1. The van der Waals surface area contributed by atoms with E-state index in [0.29, 0.717) is 17.9 Å². The van der Waals surface area contributed by atoms with Crippen molar-refractivity contribution in [1.82, 2.24) is 8.96 Å². The van der Waals surface area contributed by atoms with Crippen LogP contribution in [-0.2, 0) is 16.4 Å². The molecule has 0 bridgehead atoms. The molecule has 1 aromatic carbocycles. The number of benzene rings is 1. The SMILES string of the molecule is CCc1nc(C)cn1S(=O)(=O)c1ccccc1Cl. The van der Waals surface area contributed by atoms with Gasteiger partial charge in [0.15, 0.2) is 0 Å². The molecule has 18 heavy (non-hydrogen) atoms. The molecule has 0 fully saturated rings. The maximum atomic E-state index is 12.5. The second-order valence-corrected chi connectivity index (χ2v) is 6.07. The molecule has 0 aliphatic heterocycles. The molecule has 2 aromatic rings. The van der Waals surface area contributed by atoms with E-state index in [2.05, 4.69) is 4.98 Å². The van der Waals surface area contributed by atoms with E-state index in [9.17, 15) is 8.42 Å². The summed E-state index contributed by atoms with van der Waals surface area (Å²) in [4.78, 5) is 4.29. The molecule has 0 aliphatic rings. The number of rotatable bonds is 3. The topological polar surface area (TPSA) is 52.0 Å². The van der Waals surface area contributed by atoms with Gasteiger partial charge in [-0.2, -0.15) is 0 Å². The second kappa shape index (κ2) is 4.74. The van der Waals surface area contributed by atoms with Crippen molar-refractivity contribution in [2.75, 3.05) is 0 Å². The van der Waals surface area contributed by atoms with Gasteiger partial charge in [0, 0.05) is 12.6 Å². The minimum atomic E-state index is -3.67. The predicted octanol–water partition coefficient (Wildman–Crippen LogP) is 2.64. The molecular formula is C12H13ClN2O2S. The van der Waals surface area contributed by atoms with E-state index in [4.69, 9.17) is 11.6 Å². The first-order valence-electron chi connectivity index (χ1n) is 5.51. The summed E-state index contributed by atoms with van der Waals surface area (Å²) < 4.78 is 26.2. The van der Waals surface area contributed by atoms with Gasteiger partial charge in [0.2, 0.25) is 0 Å². The summed E-state index contributed by atoms with van der Waals surface area (Å²) in [5.74, 6) is 0.507. The molecule has 0 N–H and O–H groups in total. The highest BCUT2D eigenvalue weighted by Gasteiger charge is 2.22. The van der Waals surface area contributed by atoms with Gasteiger partial charge < -0.3 is 0 Å². The van der Waals surface area contributed by atoms with E-state index >= 15 is 0 Å². The van der Waals surface area contributed by atoms with E-state index in [0.717, 1.165) is 0 Å². The lowest BCUT2D eigenvalue weighted by Crippen LogP contribution is -2.15. The molecule has 1 heterocycles. The lowest BCUT2D eigenvalue weighted by atomic mass is 10.4. The quantitative estimate of drug-likeness (QED) is 0.871. The Kier molecular flexibility index (Phi) is 3.45. The van der Waals surface area contributed by atoms with Crippen molar-refractivity contribution < 1.29 is 8.42 Å². The highest BCUT2D eigenvalue weighted by Crippen LogP contribution is 2.24. The monoisotopic (exact) mass is 284 g/mol. The molecule has 0 saturated heterocycles. The molecule has 0 unspecified atom stereocenters. The van der Waals surface area contributed by atoms with Crippen LogP contribution in [0.5, 0.6) is 0 Å². The van der Waals surface area contributed by atoms with Gasteiger partial charge in [-0.1, -0.05) is 30.7 Å². The molecule has 96 valence electrons. The number of aromatic nitrogens is 2. The van der Waals surface area contributed by atoms with Gasteiger partial charge in [0.25, 0.3) is 10.0 Å². The van der Waals surface area contributed by atoms with Crippen LogP contribution in [-0.4, -0.2) is 17.4 Å². The third kappa shape index (κ3) is 2.15. The first kappa shape index (κ1) is 13.1. The number of nitrogens with zero attached hydrogens (tertiary/aromatic N) is 2. The number of hydrogen-bond donors (Lipinski definition) is 0. The summed E-state index contributed by atoms with van der Waals surface area (Å²) >= 11 is 5.95. The Morgan fingerprint density at radius 1 is 1.33 bits per heavy atom. The fraction of sp³-hybridized carbons (Fsp3) is 0.250. The van der Waals surface area contributed by atoms with E-state index in [1.165, 1.54) is 16.2 Å². The Hall–Kier alpha value is -1.33. The van der Waals surface area contributed by atoms with Crippen LogP contribution in [0, 0.1) is 6.92 Å². The molecule has 0 atom stereocenters. The third-order valence-electron chi connectivity index (χ3n) is 2.55. The standard InChI is InChI=1S/C12H13ClN2O2S/c1-3-12-14-9(2)8-15(12)18(16,17)11-7-5-4-6-10(11)13/h4-8H,3H2,1-2H3. The highest BCUT2D eigenvalue weighted by molar-refractivity contribution is 7.90. The maximum absolute atomic E-state index is 12.5. The van der Waals surface area contributed by atoms with Crippen LogP contribution in [0.2, 0.25) is 5.02 Å². The molecule has 4 nitrogen and oxygen atoms in total. The van der Waals surface area contributed by atoms with Crippen molar-refractivity contribution in [3.8, 4) is 0 Å². The Morgan fingerprint density at radius 3 is 2.61 bits per heavy atom. The van der Waals surface area contributed by atoms with Crippen molar-refractivity contribution in [1.29, 1.82) is 0 Å². The first-order chi connectivity index (χ1) is 8.46. The van der Waals surface area contributed by atoms with E-state index in [1.54, 1.807) is 25.1 Å². The molecule has 0 aliphatic carbocycles. The zero-order valence-corrected chi connectivity index (χ0v) is 11.7. The summed E-state index contributed by atoms with van der Waals surface area (Å²) in [6.07, 6.45) is 2.05. The van der Waals surface area contributed by atoms with Crippen molar-refractivity contribution in [3.63, 3.8) is 0 Å². The molecule has 6 heteroatoms. The highest BCUT2D eigenvalue weighted by atomic mass is 35.5. The largest absolute Gasteiger partial charge is 0.270 e. The molecule has 2 rings (SSSR count). The predicted molar refractivity (Wildman–Crippen MR) is 70.4 cm³/mol. The Balaban J connectivity index is 2.66. The van der Waals surface area contributed by atoms with Crippen LogP contribution in [0.1, 0.15) is 18.4 Å². The molecule has 0 amide bonds. The summed E-state index contributed by atoms with van der Waals surface area (Å²) in [7, 11) is -3.67. The normalized spacial score (nSPS) is 11.7. The van der Waals surface area contributed by atoms with Crippen LogP contribution in [0.15, 0.2) is 35.4 Å². The van der Waals surface area contributed by atoms with Crippen LogP contribution in [0.25, 0.3) is 0 Å². The van der Waals surface area contributed by atoms with E-state index < -0.39 is 10.0 Å². The van der Waals surface area contributed by atoms with Crippen LogP contribution in [0.3, 0.4) is 0 Å². The molecular weight excluding hydrogens is 272 g/mol. The Morgan fingerprint density at radius 2 is 2.00 bits per heavy atom. The molecule has 0 saturated carbocycles. The Labute approximate surface area is 111 Å². The summed E-state index contributed by atoms with van der Waals surface area (Å²) in [5.41, 5.74) is 0.669. The van der Waals surface area contributed by atoms with Gasteiger partial charge in [0.05, 0.1) is 10.7 Å². The van der Waals surface area contributed by atoms with Crippen LogP contribution < -0.4 is 0 Å². The third-order valence-corrected chi connectivity index (χ3v) is 4.74. The minimum absolute atomic E-state index is 0.0961. The van der Waals surface area contributed by atoms with Crippen LogP contribution >= 0.6 is 11.6 Å². The van der Waals surface area contributed by atoms with Crippen molar-refractivity contribution in [2.45, 2.75) is 25.2 Å². The average molecular weight is 285 g/mol. The van der Waals surface area contributed by atoms with Gasteiger partial charge >= 0.3 is 0 Å². The van der Waals surface area contributed by atoms with Crippen molar-refractivity contribution in [3.05, 3.63) is 47.0 Å². The minimum Gasteiger partial charge on any atom is -0.238 e. The average Bonchev–Trinajstić information content (AvgIpc) is 2.71. The van der Waals surface area contributed by atoms with Gasteiger partial charge in [-0.05, 0) is 19.1 Å². The van der Waals surface area contributed by atoms with E-state index in [-0.39, 0.29) is 9.92 Å². The lowest BCUT2D eigenvalue weighted by Gasteiger charge is -2.09. The fourth-order valence-electron chi connectivity index (χ4n) is 1.73. The second-order valence-electron chi connectivity index (χ2n) is 3.88. The zero-order valence-electron chi connectivity index (χ0n) is 10.1. The van der Waals surface area contributed by atoms with Crippen LogP contribution in [0.4, 0.5) is 0 Å².